The van der Waals surface area contributed by atoms with Crippen molar-refractivity contribution in [3.63, 3.8) is 0 Å². The zero-order chi connectivity index (χ0) is 31.8. The second kappa shape index (κ2) is 18.0. The van der Waals surface area contributed by atoms with Crippen molar-refractivity contribution >= 4 is 11.7 Å². The number of allylic oxidation sites excluding steroid dienone is 4. The summed E-state index contributed by atoms with van der Waals surface area (Å²) in [6.45, 7) is 12.3. The van der Waals surface area contributed by atoms with Gasteiger partial charge in [0.05, 0.1) is 30.2 Å². The quantitative estimate of drug-likeness (QED) is 0.196. The molecule has 1 aliphatic heterocycles. The van der Waals surface area contributed by atoms with Crippen molar-refractivity contribution in [2.75, 3.05) is 25.0 Å². The maximum atomic E-state index is 13.2. The Kier molecular flexibility index (Phi) is 15.6. The molecule has 2 aromatic rings. The number of hydrogen-bond acceptors (Lipinski definition) is 7. The number of hydrogen-bond donors (Lipinski definition) is 3. The van der Waals surface area contributed by atoms with E-state index in [0.29, 0.717) is 31.0 Å². The Labute approximate surface area is 244 Å². The molecule has 0 radical (unpaired) electrons. The van der Waals surface area contributed by atoms with E-state index in [1.807, 2.05) is 39.8 Å². The van der Waals surface area contributed by atoms with Crippen LogP contribution in [0.25, 0.3) is 0 Å². The van der Waals surface area contributed by atoms with Gasteiger partial charge in [-0.3, -0.25) is 4.79 Å². The molecule has 0 atom stereocenters. The molecule has 3 rings (SSSR count). The summed E-state index contributed by atoms with van der Waals surface area (Å²) in [6, 6.07) is 5.29. The molecule has 0 unspecified atom stereocenters. The fourth-order valence-corrected chi connectivity index (χ4v) is 3.59. The summed E-state index contributed by atoms with van der Waals surface area (Å²) in [5, 5.41) is 8.94. The van der Waals surface area contributed by atoms with Gasteiger partial charge in [0.25, 0.3) is 5.91 Å². The van der Waals surface area contributed by atoms with Crippen molar-refractivity contribution in [3.05, 3.63) is 71.3 Å². The van der Waals surface area contributed by atoms with Gasteiger partial charge in [-0.05, 0) is 44.9 Å². The van der Waals surface area contributed by atoms with Crippen LogP contribution in [0.3, 0.4) is 0 Å². The Balaban J connectivity index is 0.000000404. The van der Waals surface area contributed by atoms with Gasteiger partial charge in [0.15, 0.2) is 0 Å². The summed E-state index contributed by atoms with van der Waals surface area (Å²) in [7, 11) is 0. The number of nitrogens with one attached hydrogen (secondary N) is 3. The van der Waals surface area contributed by atoms with E-state index < -0.39 is 24.1 Å². The molecule has 42 heavy (non-hydrogen) atoms. The highest BCUT2D eigenvalue weighted by Crippen LogP contribution is 2.43. The summed E-state index contributed by atoms with van der Waals surface area (Å²) in [4.78, 5) is 24.5. The largest absolute Gasteiger partial charge is 0.498 e. The van der Waals surface area contributed by atoms with Crippen LogP contribution in [-0.2, 0) is 11.3 Å². The number of pyridine rings is 1. The molecular formula is C29H41F5N6O2. The summed E-state index contributed by atoms with van der Waals surface area (Å²) < 4.78 is 68.2. The van der Waals surface area contributed by atoms with E-state index in [0.717, 1.165) is 24.7 Å². The standard InChI is InChI=1S/C16H19N5O.C11H16F5NO.C2H6/c1-3-5-12(2)21-16(22)14-6-4-8-18-15(14)19-10-13-7-9-17-11-20-13;1-3-9(10(12,13)11(14,15)16)7(2)18-6-8-4-17-5-8;1-2/h4-9,11H,3,10H2,1-2H3,(H,18,19)(H,21,22);8,17H,3-6H2,1-2H3;1-2H3/b12-5+;9-7-;. The third-order valence-corrected chi connectivity index (χ3v) is 5.87. The fourth-order valence-electron chi connectivity index (χ4n) is 3.59. The molecule has 1 fully saturated rings. The normalized spacial score (nSPS) is 14.2. The number of anilines is 1. The Bertz CT molecular complexity index is 1150. The first-order valence-electron chi connectivity index (χ1n) is 13.8. The average Bonchev–Trinajstić information content (AvgIpc) is 2.93. The number of carbonyl (C=O) groups excluding carboxylic acids is 1. The molecule has 1 aliphatic rings. The molecule has 1 saturated heterocycles. The lowest BCUT2D eigenvalue weighted by molar-refractivity contribution is -0.266. The van der Waals surface area contributed by atoms with Crippen LogP contribution in [0, 0.1) is 5.92 Å². The summed E-state index contributed by atoms with van der Waals surface area (Å²) >= 11 is 0. The number of amides is 1. The highest BCUT2D eigenvalue weighted by Gasteiger charge is 2.60. The molecule has 234 valence electrons. The molecule has 3 N–H and O–H groups in total. The molecule has 0 aliphatic carbocycles. The number of rotatable bonds is 11. The molecule has 1 amide bonds. The molecule has 0 aromatic carbocycles. The van der Waals surface area contributed by atoms with Gasteiger partial charge in [-0.1, -0.05) is 33.8 Å². The zero-order valence-electron chi connectivity index (χ0n) is 24.9. The van der Waals surface area contributed by atoms with Crippen LogP contribution in [0.4, 0.5) is 27.8 Å². The van der Waals surface area contributed by atoms with Gasteiger partial charge < -0.3 is 20.7 Å². The van der Waals surface area contributed by atoms with Crippen LogP contribution in [-0.4, -0.2) is 52.7 Å². The first-order chi connectivity index (χ1) is 19.9. The number of aromatic nitrogens is 3. The zero-order valence-corrected chi connectivity index (χ0v) is 24.9. The molecule has 0 saturated carbocycles. The van der Waals surface area contributed by atoms with Crippen molar-refractivity contribution in [2.24, 2.45) is 5.92 Å². The van der Waals surface area contributed by atoms with E-state index in [1.165, 1.54) is 13.3 Å². The van der Waals surface area contributed by atoms with Gasteiger partial charge in [0, 0.05) is 42.7 Å². The molecule has 2 aromatic heterocycles. The summed E-state index contributed by atoms with van der Waals surface area (Å²) in [5.41, 5.74) is 1.16. The Hall–Kier alpha value is -3.61. The number of nitrogens with zero attached hydrogens (tertiary/aromatic N) is 3. The van der Waals surface area contributed by atoms with Gasteiger partial charge in [-0.2, -0.15) is 22.0 Å². The monoisotopic (exact) mass is 600 g/mol. The van der Waals surface area contributed by atoms with Crippen molar-refractivity contribution in [2.45, 2.75) is 73.0 Å². The molecule has 13 heteroatoms. The van der Waals surface area contributed by atoms with Crippen LogP contribution >= 0.6 is 0 Å². The van der Waals surface area contributed by atoms with Gasteiger partial charge in [-0.25, -0.2) is 15.0 Å². The lowest BCUT2D eigenvalue weighted by Crippen LogP contribution is -2.44. The van der Waals surface area contributed by atoms with Gasteiger partial charge in [-0.15, -0.1) is 0 Å². The van der Waals surface area contributed by atoms with Gasteiger partial charge in [0.2, 0.25) is 0 Å². The van der Waals surface area contributed by atoms with Crippen LogP contribution in [0.5, 0.6) is 0 Å². The minimum absolute atomic E-state index is 0.163. The van der Waals surface area contributed by atoms with Crippen molar-refractivity contribution in [3.8, 4) is 0 Å². The van der Waals surface area contributed by atoms with Crippen molar-refractivity contribution < 1.29 is 31.5 Å². The van der Waals surface area contributed by atoms with Gasteiger partial charge >= 0.3 is 12.1 Å². The first kappa shape index (κ1) is 36.4. The predicted octanol–water partition coefficient (Wildman–Crippen LogP) is 6.66. The summed E-state index contributed by atoms with van der Waals surface area (Å²) in [5.74, 6) is -4.63. The van der Waals surface area contributed by atoms with E-state index in [9.17, 15) is 26.7 Å². The summed E-state index contributed by atoms with van der Waals surface area (Å²) in [6.07, 6.45) is 1.66. The van der Waals surface area contributed by atoms with Crippen molar-refractivity contribution in [1.29, 1.82) is 0 Å². The molecule has 3 heterocycles. The van der Waals surface area contributed by atoms with Gasteiger partial charge in [0.1, 0.15) is 12.1 Å². The van der Waals surface area contributed by atoms with E-state index >= 15 is 0 Å². The fraction of sp³-hybridized carbons (Fsp3) is 0.517. The second-order valence-electron chi connectivity index (χ2n) is 9.00. The minimum atomic E-state index is -5.58. The van der Waals surface area contributed by atoms with E-state index in [1.54, 1.807) is 24.5 Å². The third-order valence-electron chi connectivity index (χ3n) is 5.87. The molecular weight excluding hydrogens is 559 g/mol. The lowest BCUT2D eigenvalue weighted by Gasteiger charge is -2.28. The number of ether oxygens (including phenoxy) is 1. The van der Waals surface area contributed by atoms with Crippen LogP contribution in [0.15, 0.2) is 60.0 Å². The smallest absolute Gasteiger partial charge is 0.457 e. The molecule has 0 spiro atoms. The highest BCUT2D eigenvalue weighted by atomic mass is 19.4. The Morgan fingerprint density at radius 3 is 2.31 bits per heavy atom. The van der Waals surface area contributed by atoms with Crippen LogP contribution in [0.2, 0.25) is 0 Å². The topological polar surface area (TPSA) is 101 Å². The highest BCUT2D eigenvalue weighted by molar-refractivity contribution is 5.99. The van der Waals surface area contributed by atoms with E-state index in [-0.39, 0.29) is 24.2 Å². The molecule has 0 bridgehead atoms. The van der Waals surface area contributed by atoms with E-state index in [2.05, 4.69) is 30.9 Å². The van der Waals surface area contributed by atoms with Crippen LogP contribution in [0.1, 0.15) is 70.4 Å². The van der Waals surface area contributed by atoms with Crippen LogP contribution < -0.4 is 16.0 Å². The third kappa shape index (κ3) is 11.3. The SMILES string of the molecule is CC.CC/C(=C(\C)OCC1CNC1)C(F)(F)C(F)(F)F.CC/C=C(\C)NC(=O)c1cccnc1NCc1ccncn1. The number of halogens is 5. The Morgan fingerprint density at radius 2 is 1.79 bits per heavy atom. The molecule has 8 nitrogen and oxygen atoms in total. The number of carbonyl (C=O) groups is 1. The maximum absolute atomic E-state index is 13.2. The minimum Gasteiger partial charge on any atom is -0.498 e. The second-order valence-corrected chi connectivity index (χ2v) is 9.00. The Morgan fingerprint density at radius 1 is 1.10 bits per heavy atom. The first-order valence-corrected chi connectivity index (χ1v) is 13.8. The maximum Gasteiger partial charge on any atom is 0.457 e. The average molecular weight is 601 g/mol. The lowest BCUT2D eigenvalue weighted by atomic mass is 10.0. The van der Waals surface area contributed by atoms with E-state index in [4.69, 9.17) is 4.74 Å². The van der Waals surface area contributed by atoms with Crippen molar-refractivity contribution in [1.82, 2.24) is 25.6 Å². The number of alkyl halides is 5. The predicted molar refractivity (Wildman–Crippen MR) is 153 cm³/mol.